The maximum absolute atomic E-state index is 11.2. The third-order valence-electron chi connectivity index (χ3n) is 4.76. The Kier molecular flexibility index (Phi) is 5.09. The van der Waals surface area contributed by atoms with Crippen molar-refractivity contribution in [1.29, 1.82) is 0 Å². The minimum Gasteiger partial charge on any atom is -0.457 e. The third-order valence-corrected chi connectivity index (χ3v) is 4.76. The molecule has 5 nitrogen and oxygen atoms in total. The molecule has 0 spiro atoms. The van der Waals surface area contributed by atoms with Crippen molar-refractivity contribution in [3.05, 3.63) is 71.5 Å². The molecule has 0 aliphatic heterocycles. The summed E-state index contributed by atoms with van der Waals surface area (Å²) in [4.78, 5) is 11.2. The smallest absolute Gasteiger partial charge is 0.248 e. The first kappa shape index (κ1) is 19.1. The maximum Gasteiger partial charge on any atom is 0.248 e. The Morgan fingerprint density at radius 2 is 1.78 bits per heavy atom. The van der Waals surface area contributed by atoms with E-state index in [1.54, 1.807) is 19.1 Å². The summed E-state index contributed by atoms with van der Waals surface area (Å²) in [6.07, 6.45) is 1.59. The first-order valence-electron chi connectivity index (χ1n) is 9.06. The number of nitrogens with two attached hydrogens (primary N) is 1. The van der Waals surface area contributed by atoms with E-state index in [1.165, 1.54) is 0 Å². The van der Waals surface area contributed by atoms with E-state index in [0.29, 0.717) is 11.3 Å². The molecule has 2 aromatic carbocycles. The van der Waals surface area contributed by atoms with Crippen LogP contribution >= 0.6 is 0 Å². The highest BCUT2D eigenvalue weighted by Crippen LogP contribution is 2.29. The molecule has 27 heavy (non-hydrogen) atoms. The van der Waals surface area contributed by atoms with Crippen molar-refractivity contribution in [2.45, 2.75) is 44.9 Å². The van der Waals surface area contributed by atoms with E-state index in [0.717, 1.165) is 29.4 Å². The van der Waals surface area contributed by atoms with Crippen LogP contribution in [0.4, 0.5) is 0 Å². The van der Waals surface area contributed by atoms with Crippen LogP contribution in [0.5, 0.6) is 0 Å². The average Bonchev–Trinajstić information content (AvgIpc) is 3.05. The van der Waals surface area contributed by atoms with Crippen LogP contribution in [0.2, 0.25) is 0 Å². The van der Waals surface area contributed by atoms with E-state index < -0.39 is 11.6 Å². The zero-order valence-corrected chi connectivity index (χ0v) is 16.0. The number of furan rings is 1. The molecule has 0 aliphatic rings. The van der Waals surface area contributed by atoms with Gasteiger partial charge in [0.1, 0.15) is 5.58 Å². The summed E-state index contributed by atoms with van der Waals surface area (Å²) in [5.41, 5.74) is 6.00. The normalized spacial score (nSPS) is 14.2. The van der Waals surface area contributed by atoms with Crippen LogP contribution in [-0.2, 0) is 12.1 Å². The molecule has 1 heterocycles. The first-order chi connectivity index (χ1) is 12.7. The Hall–Kier alpha value is -2.63. The summed E-state index contributed by atoms with van der Waals surface area (Å²) < 4.78 is 5.82. The van der Waals surface area contributed by atoms with E-state index in [1.807, 2.05) is 56.3 Å². The van der Waals surface area contributed by atoms with Gasteiger partial charge in [-0.25, -0.2) is 0 Å². The van der Waals surface area contributed by atoms with Crippen molar-refractivity contribution in [2.24, 2.45) is 5.73 Å². The monoisotopic (exact) mass is 366 g/mol. The number of hydrogen-bond acceptors (Lipinski definition) is 4. The van der Waals surface area contributed by atoms with Crippen molar-refractivity contribution in [3.8, 4) is 0 Å². The van der Waals surface area contributed by atoms with E-state index in [-0.39, 0.29) is 5.54 Å². The number of aliphatic hydroxyl groups is 1. The molecule has 0 aliphatic carbocycles. The SMILES string of the molecule is CC(C)(CCc1ccc(C(N)=O)cc1)NC(C)(O)c1cc2ccccc2o1. The highest BCUT2D eigenvalue weighted by molar-refractivity contribution is 5.92. The summed E-state index contributed by atoms with van der Waals surface area (Å²) in [6, 6.07) is 16.9. The Morgan fingerprint density at radius 1 is 1.11 bits per heavy atom. The lowest BCUT2D eigenvalue weighted by molar-refractivity contribution is -0.0263. The predicted octanol–water partition coefficient (Wildman–Crippen LogP) is 3.70. The number of primary amides is 1. The second kappa shape index (κ2) is 7.18. The molecule has 0 bridgehead atoms. The van der Waals surface area contributed by atoms with E-state index in [9.17, 15) is 9.90 Å². The van der Waals surface area contributed by atoms with Gasteiger partial charge < -0.3 is 15.3 Å². The molecular weight excluding hydrogens is 340 g/mol. The van der Waals surface area contributed by atoms with Crippen molar-refractivity contribution in [3.63, 3.8) is 0 Å². The zero-order chi connectivity index (χ0) is 19.7. The van der Waals surface area contributed by atoms with Gasteiger partial charge in [0.25, 0.3) is 0 Å². The minimum absolute atomic E-state index is 0.342. The maximum atomic E-state index is 11.2. The van der Waals surface area contributed by atoms with Gasteiger partial charge in [-0.3, -0.25) is 10.1 Å². The van der Waals surface area contributed by atoms with Crippen LogP contribution in [0.3, 0.4) is 0 Å². The highest BCUT2D eigenvalue weighted by Gasteiger charge is 2.33. The zero-order valence-electron chi connectivity index (χ0n) is 16.0. The largest absolute Gasteiger partial charge is 0.457 e. The number of carbonyl (C=O) groups excluding carboxylic acids is 1. The molecular formula is C22H26N2O3. The molecule has 4 N–H and O–H groups in total. The van der Waals surface area contributed by atoms with Crippen LogP contribution in [-0.4, -0.2) is 16.6 Å². The predicted molar refractivity (Wildman–Crippen MR) is 106 cm³/mol. The van der Waals surface area contributed by atoms with Crippen molar-refractivity contribution >= 4 is 16.9 Å². The minimum atomic E-state index is -1.29. The van der Waals surface area contributed by atoms with Crippen molar-refractivity contribution in [2.75, 3.05) is 0 Å². The topological polar surface area (TPSA) is 88.5 Å². The molecule has 3 rings (SSSR count). The molecule has 1 unspecified atom stereocenters. The summed E-state index contributed by atoms with van der Waals surface area (Å²) in [5.74, 6) is 0.0630. The van der Waals surface area contributed by atoms with Gasteiger partial charge in [0.2, 0.25) is 5.91 Å². The number of carbonyl (C=O) groups is 1. The lowest BCUT2D eigenvalue weighted by Gasteiger charge is -2.35. The van der Waals surface area contributed by atoms with Crippen LogP contribution in [0, 0.1) is 0 Å². The molecule has 0 radical (unpaired) electrons. The quantitative estimate of drug-likeness (QED) is 0.556. The number of nitrogens with one attached hydrogen (secondary N) is 1. The Labute approximate surface area is 159 Å². The van der Waals surface area contributed by atoms with E-state index in [4.69, 9.17) is 10.2 Å². The van der Waals surface area contributed by atoms with Crippen molar-refractivity contribution < 1.29 is 14.3 Å². The second-order valence-electron chi connectivity index (χ2n) is 7.79. The van der Waals surface area contributed by atoms with Crippen LogP contribution in [0.25, 0.3) is 11.0 Å². The number of amides is 1. The Balaban J connectivity index is 1.67. The molecule has 1 atom stereocenters. The van der Waals surface area contributed by atoms with E-state index in [2.05, 4.69) is 5.32 Å². The summed E-state index contributed by atoms with van der Waals surface area (Å²) >= 11 is 0. The standard InChI is InChI=1S/C22H26N2O3/c1-21(2,13-12-15-8-10-16(11-9-15)20(23)25)24-22(3,26)19-14-17-6-4-5-7-18(17)27-19/h4-11,14,24,26H,12-13H2,1-3H3,(H2,23,25). The average molecular weight is 366 g/mol. The molecule has 5 heteroatoms. The molecule has 0 fully saturated rings. The van der Waals surface area contributed by atoms with Crippen LogP contribution in [0.15, 0.2) is 59.0 Å². The third kappa shape index (κ3) is 4.56. The number of fused-ring (bicyclic) bond motifs is 1. The van der Waals surface area contributed by atoms with Crippen LogP contribution in [0.1, 0.15) is 48.9 Å². The number of aryl methyl sites for hydroxylation is 1. The van der Waals surface area contributed by atoms with Gasteiger partial charge in [-0.2, -0.15) is 0 Å². The van der Waals surface area contributed by atoms with Gasteiger partial charge in [-0.15, -0.1) is 0 Å². The van der Waals surface area contributed by atoms with Gasteiger partial charge >= 0.3 is 0 Å². The Bertz CT molecular complexity index is 907. The lowest BCUT2D eigenvalue weighted by atomic mass is 9.93. The molecule has 3 aromatic rings. The summed E-state index contributed by atoms with van der Waals surface area (Å²) in [7, 11) is 0. The van der Waals surface area contributed by atoms with Gasteiger partial charge in [0.05, 0.1) is 0 Å². The van der Waals surface area contributed by atoms with Gasteiger partial charge in [-0.05, 0) is 63.4 Å². The van der Waals surface area contributed by atoms with Crippen molar-refractivity contribution in [1.82, 2.24) is 5.32 Å². The molecule has 142 valence electrons. The van der Waals surface area contributed by atoms with E-state index >= 15 is 0 Å². The second-order valence-corrected chi connectivity index (χ2v) is 7.79. The number of rotatable bonds is 7. The first-order valence-corrected chi connectivity index (χ1v) is 9.06. The fraction of sp³-hybridized carbons (Fsp3) is 0.318. The van der Waals surface area contributed by atoms with Crippen LogP contribution < -0.4 is 11.1 Å². The fourth-order valence-electron chi connectivity index (χ4n) is 3.30. The molecule has 1 aromatic heterocycles. The van der Waals surface area contributed by atoms with Gasteiger partial charge in [0.15, 0.2) is 11.5 Å². The summed E-state index contributed by atoms with van der Waals surface area (Å²) in [6.45, 7) is 5.79. The fourth-order valence-corrected chi connectivity index (χ4v) is 3.30. The number of para-hydroxylation sites is 1. The molecule has 0 saturated heterocycles. The highest BCUT2D eigenvalue weighted by atomic mass is 16.4. The van der Waals surface area contributed by atoms with Gasteiger partial charge in [-0.1, -0.05) is 30.3 Å². The number of hydrogen-bond donors (Lipinski definition) is 3. The summed E-state index contributed by atoms with van der Waals surface area (Å²) in [5, 5.41) is 15.2. The molecule has 0 saturated carbocycles. The number of benzene rings is 2. The lowest BCUT2D eigenvalue weighted by Crippen LogP contribution is -2.51. The molecule has 1 amide bonds. The van der Waals surface area contributed by atoms with Gasteiger partial charge in [0, 0.05) is 16.5 Å². The Morgan fingerprint density at radius 3 is 2.41 bits per heavy atom.